The molecule has 38 heavy (non-hydrogen) atoms. The van der Waals surface area contributed by atoms with Crippen LogP contribution in [0.25, 0.3) is 0 Å². The molecule has 206 valence electrons. The molecule has 2 aliphatic rings. The second-order valence-electron chi connectivity index (χ2n) is 8.72. The first-order valence-corrected chi connectivity index (χ1v) is 12.2. The number of anilines is 1. The summed E-state index contributed by atoms with van der Waals surface area (Å²) in [7, 11) is 0. The molecule has 4 rings (SSSR count). The summed E-state index contributed by atoms with van der Waals surface area (Å²) in [4.78, 5) is 31.2. The maximum absolute atomic E-state index is 13.3. The standard InChI is InChI=1S/C22H23F6N7O2S/c1-13(31-16-10-30-32-19(36)18(16)22(26,27)28)8-15-2-3-17(38-15)20(37)33-4-6-34(7-5-33)35-11-14(9-29-12-35)21(23,24)25/h2-3,9-11,13H,4-8,12H2,1H3,(H2,31,32,36). The number of hydrogen-bond donors (Lipinski definition) is 2. The lowest BCUT2D eigenvalue weighted by Crippen LogP contribution is -2.54. The fourth-order valence-corrected chi connectivity index (χ4v) is 5.20. The van der Waals surface area contributed by atoms with Gasteiger partial charge in [-0.25, -0.2) is 10.1 Å². The molecule has 1 amide bonds. The number of aromatic nitrogens is 2. The number of halogens is 6. The maximum Gasteiger partial charge on any atom is 0.423 e. The van der Waals surface area contributed by atoms with E-state index in [4.69, 9.17) is 0 Å². The second-order valence-corrected chi connectivity index (χ2v) is 9.89. The predicted octanol–water partition coefficient (Wildman–Crippen LogP) is 3.36. The molecule has 2 aromatic rings. The van der Waals surface area contributed by atoms with Crippen molar-refractivity contribution in [2.75, 3.05) is 38.2 Å². The Hall–Kier alpha value is -3.40. The minimum absolute atomic E-state index is 0.0614. The number of piperazine rings is 1. The zero-order valence-corrected chi connectivity index (χ0v) is 20.8. The van der Waals surface area contributed by atoms with E-state index >= 15 is 0 Å². The number of allylic oxidation sites excluding steroid dienone is 1. The summed E-state index contributed by atoms with van der Waals surface area (Å²) in [5, 5.41) is 11.0. The van der Waals surface area contributed by atoms with Gasteiger partial charge in [-0.3, -0.25) is 19.6 Å². The first-order chi connectivity index (χ1) is 17.8. The minimum Gasteiger partial charge on any atom is -0.380 e. The number of rotatable bonds is 6. The van der Waals surface area contributed by atoms with Gasteiger partial charge in [0.25, 0.3) is 11.5 Å². The zero-order chi connectivity index (χ0) is 27.7. The van der Waals surface area contributed by atoms with Crippen LogP contribution in [0.3, 0.4) is 0 Å². The van der Waals surface area contributed by atoms with E-state index in [1.165, 1.54) is 16.3 Å². The molecule has 0 spiro atoms. The number of carbonyl (C=O) groups excluding carboxylic acids is 1. The number of alkyl halides is 6. The first kappa shape index (κ1) is 27.6. The molecular formula is C22H23F6N7O2S. The summed E-state index contributed by atoms with van der Waals surface area (Å²) in [6, 6.07) is 2.84. The van der Waals surface area contributed by atoms with Gasteiger partial charge >= 0.3 is 12.4 Å². The summed E-state index contributed by atoms with van der Waals surface area (Å²) in [6.07, 6.45) is -6.36. The summed E-state index contributed by atoms with van der Waals surface area (Å²) < 4.78 is 78.7. The van der Waals surface area contributed by atoms with Crippen molar-refractivity contribution in [2.45, 2.75) is 31.7 Å². The lowest BCUT2D eigenvalue weighted by molar-refractivity contribution is -0.138. The summed E-state index contributed by atoms with van der Waals surface area (Å²) in [5.74, 6) is -0.233. The third kappa shape index (κ3) is 6.35. The number of hydrazine groups is 1. The van der Waals surface area contributed by atoms with Crippen LogP contribution < -0.4 is 10.9 Å². The van der Waals surface area contributed by atoms with Gasteiger partial charge in [-0.2, -0.15) is 31.4 Å². The lowest BCUT2D eigenvalue weighted by atomic mass is 10.1. The van der Waals surface area contributed by atoms with Crippen molar-refractivity contribution in [1.82, 2.24) is 25.1 Å². The van der Waals surface area contributed by atoms with E-state index in [9.17, 15) is 35.9 Å². The van der Waals surface area contributed by atoms with Crippen molar-refractivity contribution in [3.63, 3.8) is 0 Å². The Kier molecular flexibility index (Phi) is 7.83. The van der Waals surface area contributed by atoms with Crippen molar-refractivity contribution >= 4 is 29.1 Å². The summed E-state index contributed by atoms with van der Waals surface area (Å²) >= 11 is 1.20. The Labute approximate surface area is 216 Å². The number of H-pyrrole nitrogens is 1. The van der Waals surface area contributed by atoms with Crippen molar-refractivity contribution in [2.24, 2.45) is 4.99 Å². The van der Waals surface area contributed by atoms with E-state index in [-0.39, 0.29) is 12.6 Å². The zero-order valence-electron chi connectivity index (χ0n) is 19.9. The van der Waals surface area contributed by atoms with Crippen LogP contribution in [0.15, 0.2) is 39.9 Å². The van der Waals surface area contributed by atoms with Gasteiger partial charge in [-0.05, 0) is 19.1 Å². The van der Waals surface area contributed by atoms with Gasteiger partial charge in [0.15, 0.2) is 0 Å². The number of nitrogens with zero attached hydrogens (tertiary/aromatic N) is 5. The molecule has 0 bridgehead atoms. The van der Waals surface area contributed by atoms with Crippen molar-refractivity contribution < 1.29 is 31.1 Å². The van der Waals surface area contributed by atoms with E-state index in [1.807, 2.05) is 0 Å². The molecule has 16 heteroatoms. The van der Waals surface area contributed by atoms with E-state index in [1.54, 1.807) is 34.1 Å². The third-order valence-electron chi connectivity index (χ3n) is 5.90. The van der Waals surface area contributed by atoms with Crippen LogP contribution in [0.4, 0.5) is 32.0 Å². The Bertz CT molecular complexity index is 1280. The van der Waals surface area contributed by atoms with E-state index < -0.39 is 40.8 Å². The van der Waals surface area contributed by atoms with Gasteiger partial charge in [0, 0.05) is 55.9 Å². The highest BCUT2D eigenvalue weighted by molar-refractivity contribution is 7.14. The van der Waals surface area contributed by atoms with Gasteiger partial charge in [0.1, 0.15) is 12.2 Å². The second kappa shape index (κ2) is 10.8. The van der Waals surface area contributed by atoms with Crippen molar-refractivity contribution in [1.29, 1.82) is 0 Å². The molecule has 0 aliphatic carbocycles. The SMILES string of the molecule is CC(Cc1ccc(C(=O)N2CCN(N3C=C(C(F)(F)F)C=NC3)CC2)s1)Nc1cn[nH]c(=O)c1C(F)(F)F. The maximum atomic E-state index is 13.3. The summed E-state index contributed by atoms with van der Waals surface area (Å²) in [6.45, 7) is 2.96. The molecule has 0 radical (unpaired) electrons. The largest absolute Gasteiger partial charge is 0.423 e. The molecule has 2 N–H and O–H groups in total. The molecule has 1 saturated heterocycles. The third-order valence-corrected chi connectivity index (χ3v) is 7.00. The topological polar surface area (TPSA) is 96.9 Å². The molecule has 0 saturated carbocycles. The van der Waals surface area contributed by atoms with Gasteiger partial charge in [0.2, 0.25) is 0 Å². The van der Waals surface area contributed by atoms with Gasteiger partial charge in [-0.15, -0.1) is 11.3 Å². The van der Waals surface area contributed by atoms with Crippen LogP contribution in [0.2, 0.25) is 0 Å². The van der Waals surface area contributed by atoms with Crippen LogP contribution in [0.1, 0.15) is 27.0 Å². The van der Waals surface area contributed by atoms with E-state index in [0.717, 1.165) is 23.5 Å². The molecule has 1 unspecified atom stereocenters. The highest BCUT2D eigenvalue weighted by Gasteiger charge is 2.38. The highest BCUT2D eigenvalue weighted by Crippen LogP contribution is 2.32. The van der Waals surface area contributed by atoms with Crippen LogP contribution in [0.5, 0.6) is 0 Å². The number of amides is 1. The minimum atomic E-state index is -4.86. The number of nitrogens with one attached hydrogen (secondary N) is 2. The van der Waals surface area contributed by atoms with Gasteiger partial charge in [-0.1, -0.05) is 0 Å². The molecular weight excluding hydrogens is 540 g/mol. The van der Waals surface area contributed by atoms with Gasteiger partial charge < -0.3 is 10.2 Å². The monoisotopic (exact) mass is 563 g/mol. The molecule has 2 aliphatic heterocycles. The number of thiophene rings is 1. The average molecular weight is 564 g/mol. The number of hydrogen-bond acceptors (Lipinski definition) is 8. The highest BCUT2D eigenvalue weighted by atomic mass is 32.1. The molecule has 0 aromatic carbocycles. The Morgan fingerprint density at radius 1 is 1.13 bits per heavy atom. The summed E-state index contributed by atoms with van der Waals surface area (Å²) in [5.41, 5.74) is -3.98. The Morgan fingerprint density at radius 3 is 2.50 bits per heavy atom. The number of carbonyl (C=O) groups is 1. The molecule has 9 nitrogen and oxygen atoms in total. The normalized spacial score (nSPS) is 17.9. The van der Waals surface area contributed by atoms with Crippen LogP contribution in [-0.4, -0.2) is 82.3 Å². The first-order valence-electron chi connectivity index (χ1n) is 11.4. The Balaban J connectivity index is 1.33. The number of aliphatic imine (C=N–C) groups is 1. The molecule has 2 aromatic heterocycles. The lowest BCUT2D eigenvalue weighted by Gasteiger charge is -2.40. The van der Waals surface area contributed by atoms with Crippen molar-refractivity contribution in [3.8, 4) is 0 Å². The van der Waals surface area contributed by atoms with E-state index in [2.05, 4.69) is 15.4 Å². The van der Waals surface area contributed by atoms with E-state index in [0.29, 0.717) is 37.5 Å². The predicted molar refractivity (Wildman–Crippen MR) is 128 cm³/mol. The molecule has 4 heterocycles. The number of aromatic amines is 1. The quantitative estimate of drug-likeness (QED) is 0.524. The fraction of sp³-hybridized carbons (Fsp3) is 0.455. The Morgan fingerprint density at radius 2 is 1.84 bits per heavy atom. The van der Waals surface area contributed by atoms with Crippen LogP contribution >= 0.6 is 11.3 Å². The smallest absolute Gasteiger partial charge is 0.380 e. The fourth-order valence-electron chi connectivity index (χ4n) is 4.10. The van der Waals surface area contributed by atoms with Gasteiger partial charge in [0.05, 0.1) is 22.3 Å². The van der Waals surface area contributed by atoms with Crippen molar-refractivity contribution in [3.05, 3.63) is 55.8 Å². The molecule has 1 fully saturated rings. The van der Waals surface area contributed by atoms with Crippen LogP contribution in [-0.2, 0) is 12.6 Å². The van der Waals surface area contributed by atoms with Crippen LogP contribution in [0, 0.1) is 0 Å². The average Bonchev–Trinajstić information content (AvgIpc) is 3.30. The molecule has 1 atom stereocenters.